The molecule has 3 heterocycles. The second-order valence-electron chi connectivity index (χ2n) is 8.53. The van der Waals surface area contributed by atoms with Crippen LogP contribution in [0, 0.1) is 0 Å². The minimum atomic E-state index is -0.459. The molecule has 5 heteroatoms. The first-order valence-corrected chi connectivity index (χ1v) is 9.66. The van der Waals surface area contributed by atoms with Crippen LogP contribution in [0.5, 0.6) is 0 Å². The summed E-state index contributed by atoms with van der Waals surface area (Å²) in [6.07, 6.45) is 3.21. The highest BCUT2D eigenvalue weighted by Crippen LogP contribution is 2.34. The van der Waals surface area contributed by atoms with Crippen LogP contribution in [-0.2, 0) is 24.8 Å². The molecule has 1 amide bonds. The number of benzene rings is 1. The molecule has 0 saturated carbocycles. The summed E-state index contributed by atoms with van der Waals surface area (Å²) in [5, 5.41) is 1.28. The SMILES string of the molecule is Cn1c2c(c3cc(N4CCCC4)ccc31)CN(C(=O)OC(C)(C)C)CC2. The summed E-state index contributed by atoms with van der Waals surface area (Å²) in [7, 11) is 2.14. The van der Waals surface area contributed by atoms with Crippen molar-refractivity contribution in [3.63, 3.8) is 0 Å². The van der Waals surface area contributed by atoms with Crippen LogP contribution in [0.25, 0.3) is 10.9 Å². The molecule has 1 fully saturated rings. The monoisotopic (exact) mass is 355 g/mol. The summed E-state index contributed by atoms with van der Waals surface area (Å²) in [6.45, 7) is 9.38. The Morgan fingerprint density at radius 3 is 2.54 bits per heavy atom. The average Bonchev–Trinajstić information content (AvgIpc) is 3.21. The van der Waals surface area contributed by atoms with Crippen molar-refractivity contribution in [2.24, 2.45) is 7.05 Å². The number of amides is 1. The largest absolute Gasteiger partial charge is 0.444 e. The number of anilines is 1. The maximum atomic E-state index is 12.5. The maximum Gasteiger partial charge on any atom is 0.410 e. The van der Waals surface area contributed by atoms with Crippen LogP contribution >= 0.6 is 0 Å². The van der Waals surface area contributed by atoms with Crippen molar-refractivity contribution in [3.8, 4) is 0 Å². The van der Waals surface area contributed by atoms with Crippen molar-refractivity contribution in [1.29, 1.82) is 0 Å². The Morgan fingerprint density at radius 2 is 1.85 bits per heavy atom. The van der Waals surface area contributed by atoms with E-state index in [1.54, 1.807) is 0 Å². The first-order valence-electron chi connectivity index (χ1n) is 9.66. The third-order valence-electron chi connectivity index (χ3n) is 5.51. The van der Waals surface area contributed by atoms with Gasteiger partial charge in [0.05, 0.1) is 6.54 Å². The number of hydrogen-bond acceptors (Lipinski definition) is 3. The molecular formula is C21H29N3O2. The van der Waals surface area contributed by atoms with Gasteiger partial charge >= 0.3 is 6.09 Å². The quantitative estimate of drug-likeness (QED) is 0.774. The van der Waals surface area contributed by atoms with Gasteiger partial charge in [-0.3, -0.25) is 0 Å². The van der Waals surface area contributed by atoms with Crippen LogP contribution in [0.3, 0.4) is 0 Å². The number of aryl methyl sites for hydroxylation is 1. The second kappa shape index (κ2) is 6.22. The lowest BCUT2D eigenvalue weighted by molar-refractivity contribution is 0.0223. The molecule has 1 saturated heterocycles. The first-order chi connectivity index (χ1) is 12.3. The molecular weight excluding hydrogens is 326 g/mol. The molecule has 0 N–H and O–H groups in total. The average molecular weight is 355 g/mol. The van der Waals surface area contributed by atoms with E-state index in [2.05, 4.69) is 34.7 Å². The molecule has 5 nitrogen and oxygen atoms in total. The molecule has 1 aromatic heterocycles. The fourth-order valence-electron chi connectivity index (χ4n) is 4.22. The molecule has 0 unspecified atom stereocenters. The molecule has 2 aromatic rings. The summed E-state index contributed by atoms with van der Waals surface area (Å²) < 4.78 is 7.88. The number of ether oxygens (including phenoxy) is 1. The molecule has 0 radical (unpaired) electrons. The summed E-state index contributed by atoms with van der Waals surface area (Å²) in [5.41, 5.74) is 4.72. The summed E-state index contributed by atoms with van der Waals surface area (Å²) >= 11 is 0. The zero-order valence-electron chi connectivity index (χ0n) is 16.3. The van der Waals surface area contributed by atoms with E-state index in [-0.39, 0.29) is 6.09 Å². The van der Waals surface area contributed by atoms with E-state index in [0.29, 0.717) is 13.1 Å². The van der Waals surface area contributed by atoms with Crippen LogP contribution in [-0.4, -0.2) is 40.8 Å². The third kappa shape index (κ3) is 3.04. The van der Waals surface area contributed by atoms with Gasteiger partial charge < -0.3 is 19.1 Å². The smallest absolute Gasteiger partial charge is 0.410 e. The molecule has 0 bridgehead atoms. The zero-order chi connectivity index (χ0) is 18.5. The van der Waals surface area contributed by atoms with E-state index >= 15 is 0 Å². The van der Waals surface area contributed by atoms with Crippen LogP contribution in [0.2, 0.25) is 0 Å². The van der Waals surface area contributed by atoms with E-state index in [4.69, 9.17) is 4.74 Å². The minimum absolute atomic E-state index is 0.212. The third-order valence-corrected chi connectivity index (χ3v) is 5.51. The topological polar surface area (TPSA) is 37.7 Å². The van der Waals surface area contributed by atoms with Crippen LogP contribution < -0.4 is 4.90 Å². The zero-order valence-corrected chi connectivity index (χ0v) is 16.3. The number of hydrogen-bond donors (Lipinski definition) is 0. The van der Waals surface area contributed by atoms with Gasteiger partial charge in [0, 0.05) is 61.0 Å². The van der Waals surface area contributed by atoms with Gasteiger partial charge in [-0.15, -0.1) is 0 Å². The molecule has 26 heavy (non-hydrogen) atoms. The van der Waals surface area contributed by atoms with Gasteiger partial charge in [0.25, 0.3) is 0 Å². The van der Waals surface area contributed by atoms with Gasteiger partial charge in [-0.2, -0.15) is 0 Å². The van der Waals surface area contributed by atoms with Crippen molar-refractivity contribution in [2.75, 3.05) is 24.5 Å². The van der Waals surface area contributed by atoms with Gasteiger partial charge in [-0.25, -0.2) is 4.79 Å². The minimum Gasteiger partial charge on any atom is -0.444 e. The van der Waals surface area contributed by atoms with Crippen LogP contribution in [0.15, 0.2) is 18.2 Å². The maximum absolute atomic E-state index is 12.5. The first kappa shape index (κ1) is 17.3. The number of carbonyl (C=O) groups excluding carboxylic acids is 1. The number of carbonyl (C=O) groups is 1. The highest BCUT2D eigenvalue weighted by Gasteiger charge is 2.29. The standard InChI is InChI=1S/C21H29N3O2/c1-21(2,3)26-20(25)24-12-9-19-17(14-24)16-13-15(23-10-5-6-11-23)7-8-18(16)22(19)4/h7-8,13H,5-6,9-12,14H2,1-4H3. The number of fused-ring (bicyclic) bond motifs is 3. The summed E-state index contributed by atoms with van der Waals surface area (Å²) in [5.74, 6) is 0. The van der Waals surface area contributed by atoms with Crippen LogP contribution in [0.4, 0.5) is 10.5 Å². The Labute approximate surface area is 155 Å². The lowest BCUT2D eigenvalue weighted by atomic mass is 10.0. The fourth-order valence-corrected chi connectivity index (χ4v) is 4.22. The Kier molecular flexibility index (Phi) is 4.13. The molecule has 140 valence electrons. The van der Waals surface area contributed by atoms with Gasteiger partial charge in [0.2, 0.25) is 0 Å². The number of aromatic nitrogens is 1. The van der Waals surface area contributed by atoms with Gasteiger partial charge in [0.15, 0.2) is 0 Å². The highest BCUT2D eigenvalue weighted by atomic mass is 16.6. The van der Waals surface area contributed by atoms with Gasteiger partial charge in [-0.1, -0.05) is 0 Å². The Morgan fingerprint density at radius 1 is 1.12 bits per heavy atom. The molecule has 0 aliphatic carbocycles. The molecule has 2 aliphatic rings. The summed E-state index contributed by atoms with van der Waals surface area (Å²) in [4.78, 5) is 16.8. The van der Waals surface area contributed by atoms with E-state index in [1.807, 2.05) is 25.7 Å². The Balaban J connectivity index is 1.68. The number of rotatable bonds is 1. The Bertz CT molecular complexity index is 841. The molecule has 1 aromatic carbocycles. The highest BCUT2D eigenvalue weighted by molar-refractivity contribution is 5.89. The van der Waals surface area contributed by atoms with E-state index < -0.39 is 5.60 Å². The van der Waals surface area contributed by atoms with E-state index in [1.165, 1.54) is 40.7 Å². The van der Waals surface area contributed by atoms with Crippen molar-refractivity contribution >= 4 is 22.7 Å². The summed E-state index contributed by atoms with van der Waals surface area (Å²) in [6, 6.07) is 6.79. The van der Waals surface area contributed by atoms with Crippen molar-refractivity contribution < 1.29 is 9.53 Å². The van der Waals surface area contributed by atoms with Crippen molar-refractivity contribution in [3.05, 3.63) is 29.5 Å². The molecule has 2 aliphatic heterocycles. The van der Waals surface area contributed by atoms with E-state index in [9.17, 15) is 4.79 Å². The van der Waals surface area contributed by atoms with Crippen LogP contribution in [0.1, 0.15) is 44.9 Å². The second-order valence-corrected chi connectivity index (χ2v) is 8.53. The lowest BCUT2D eigenvalue weighted by Crippen LogP contribution is -2.40. The molecule has 4 rings (SSSR count). The van der Waals surface area contributed by atoms with E-state index in [0.717, 1.165) is 19.5 Å². The van der Waals surface area contributed by atoms with Gasteiger partial charge in [-0.05, 0) is 51.8 Å². The lowest BCUT2D eigenvalue weighted by Gasteiger charge is -2.30. The molecule has 0 atom stereocenters. The van der Waals surface area contributed by atoms with Crippen molar-refractivity contribution in [2.45, 2.75) is 52.2 Å². The fraction of sp³-hybridized carbons (Fsp3) is 0.571. The Hall–Kier alpha value is -2.17. The predicted molar refractivity (Wildman–Crippen MR) is 105 cm³/mol. The molecule has 0 spiro atoms. The number of nitrogens with zero attached hydrogens (tertiary/aromatic N) is 3. The van der Waals surface area contributed by atoms with Gasteiger partial charge in [0.1, 0.15) is 5.60 Å². The predicted octanol–water partition coefficient (Wildman–Crippen LogP) is 4.07. The van der Waals surface area contributed by atoms with Crippen molar-refractivity contribution in [1.82, 2.24) is 9.47 Å². The normalized spacial score (nSPS) is 17.7.